The SMILES string of the molecule is CCN(CC)C(=O)[C@H]1CCC2C3CC[C@H]4N(C)C(=O)[C@@H](C)CC4(C)C3CCC21C. The van der Waals surface area contributed by atoms with Crippen molar-refractivity contribution in [3.63, 3.8) is 0 Å². The van der Waals surface area contributed by atoms with Gasteiger partial charge in [-0.15, -0.1) is 0 Å². The molecule has 4 heteroatoms. The quantitative estimate of drug-likeness (QED) is 0.693. The average Bonchev–Trinajstić information content (AvgIpc) is 3.04. The van der Waals surface area contributed by atoms with Crippen LogP contribution < -0.4 is 0 Å². The van der Waals surface area contributed by atoms with Crippen molar-refractivity contribution in [2.24, 2.45) is 40.4 Å². The van der Waals surface area contributed by atoms with Crippen LogP contribution in [0.3, 0.4) is 0 Å². The fourth-order valence-corrected chi connectivity index (χ4v) is 8.77. The summed E-state index contributed by atoms with van der Waals surface area (Å²) in [7, 11) is 2.04. The fourth-order valence-electron chi connectivity index (χ4n) is 8.77. The summed E-state index contributed by atoms with van der Waals surface area (Å²) in [5.41, 5.74) is 0.416. The van der Waals surface area contributed by atoms with E-state index in [9.17, 15) is 9.59 Å². The molecule has 164 valence electrons. The molecule has 2 amide bonds. The number of amides is 2. The van der Waals surface area contributed by atoms with E-state index in [2.05, 4.69) is 44.4 Å². The molecule has 5 unspecified atom stereocenters. The van der Waals surface area contributed by atoms with Crippen LogP contribution in [-0.4, -0.2) is 47.8 Å². The zero-order valence-corrected chi connectivity index (χ0v) is 19.5. The van der Waals surface area contributed by atoms with Gasteiger partial charge in [-0.05, 0) is 87.4 Å². The van der Waals surface area contributed by atoms with Crippen molar-refractivity contribution >= 4 is 11.8 Å². The lowest BCUT2D eigenvalue weighted by Crippen LogP contribution is -2.63. The van der Waals surface area contributed by atoms with Crippen LogP contribution in [0, 0.1) is 40.4 Å². The smallest absolute Gasteiger partial charge is 0.226 e. The van der Waals surface area contributed by atoms with Crippen LogP contribution in [0.4, 0.5) is 0 Å². The lowest BCUT2D eigenvalue weighted by Gasteiger charge is -2.62. The Labute approximate surface area is 177 Å². The maximum absolute atomic E-state index is 13.3. The first-order valence-electron chi connectivity index (χ1n) is 12.2. The number of likely N-dealkylation sites (tertiary alicyclic amines) is 1. The molecule has 4 nitrogen and oxygen atoms in total. The molecule has 3 aliphatic carbocycles. The highest BCUT2D eigenvalue weighted by molar-refractivity contribution is 5.80. The summed E-state index contributed by atoms with van der Waals surface area (Å²) in [5.74, 6) is 3.24. The highest BCUT2D eigenvalue weighted by Crippen LogP contribution is 2.66. The van der Waals surface area contributed by atoms with E-state index in [0.717, 1.165) is 38.3 Å². The Morgan fingerprint density at radius 1 is 1.03 bits per heavy atom. The zero-order chi connectivity index (χ0) is 21.1. The zero-order valence-electron chi connectivity index (χ0n) is 19.5. The molecule has 8 atom stereocenters. The van der Waals surface area contributed by atoms with Crippen molar-refractivity contribution in [3.05, 3.63) is 0 Å². The third kappa shape index (κ3) is 2.91. The van der Waals surface area contributed by atoms with Crippen molar-refractivity contribution in [1.82, 2.24) is 9.80 Å². The molecular weight excluding hydrogens is 360 g/mol. The molecule has 0 bridgehead atoms. The topological polar surface area (TPSA) is 40.6 Å². The first kappa shape index (κ1) is 21.2. The van der Waals surface area contributed by atoms with Gasteiger partial charge in [-0.1, -0.05) is 20.8 Å². The molecule has 1 heterocycles. The van der Waals surface area contributed by atoms with Gasteiger partial charge in [0.05, 0.1) is 0 Å². The van der Waals surface area contributed by atoms with Crippen LogP contribution in [0.15, 0.2) is 0 Å². The molecule has 4 rings (SSSR count). The third-order valence-electron chi connectivity index (χ3n) is 10.2. The minimum atomic E-state index is 0.147. The summed E-state index contributed by atoms with van der Waals surface area (Å²) in [6.45, 7) is 12.9. The summed E-state index contributed by atoms with van der Waals surface area (Å²) < 4.78 is 0. The van der Waals surface area contributed by atoms with E-state index >= 15 is 0 Å². The van der Waals surface area contributed by atoms with Crippen molar-refractivity contribution in [3.8, 4) is 0 Å². The second-order valence-electron chi connectivity index (χ2n) is 11.2. The van der Waals surface area contributed by atoms with E-state index in [1.54, 1.807) is 0 Å². The molecule has 0 N–H and O–H groups in total. The number of hydrogen-bond acceptors (Lipinski definition) is 2. The lowest BCUT2D eigenvalue weighted by atomic mass is 9.46. The first-order valence-corrected chi connectivity index (χ1v) is 12.2. The Hall–Kier alpha value is -1.06. The maximum Gasteiger partial charge on any atom is 0.226 e. The van der Waals surface area contributed by atoms with Crippen LogP contribution in [0.1, 0.15) is 79.6 Å². The van der Waals surface area contributed by atoms with Gasteiger partial charge < -0.3 is 9.80 Å². The lowest BCUT2D eigenvalue weighted by molar-refractivity contribution is -0.167. The van der Waals surface area contributed by atoms with Crippen molar-refractivity contribution < 1.29 is 9.59 Å². The highest BCUT2D eigenvalue weighted by Gasteiger charge is 2.62. The molecule has 1 aliphatic heterocycles. The normalized spacial score (nSPS) is 46.7. The summed E-state index contributed by atoms with van der Waals surface area (Å²) in [5, 5.41) is 0. The summed E-state index contributed by atoms with van der Waals surface area (Å²) in [6.07, 6.45) is 8.16. The minimum Gasteiger partial charge on any atom is -0.343 e. The van der Waals surface area contributed by atoms with Crippen LogP contribution in [0.2, 0.25) is 0 Å². The molecule has 0 aromatic carbocycles. The number of carbonyl (C=O) groups excluding carboxylic acids is 2. The van der Waals surface area contributed by atoms with Crippen molar-refractivity contribution in [2.45, 2.75) is 85.6 Å². The van der Waals surface area contributed by atoms with Gasteiger partial charge in [-0.3, -0.25) is 9.59 Å². The standard InChI is InChI=1S/C25H42N2O2/c1-7-27(8-2)23(29)20-11-10-18-17-9-12-21-25(5,15-16(3)22(28)26(21)6)19(17)13-14-24(18,20)4/h16-21H,7-15H2,1-6H3/t16-,17?,18?,19?,20+,21+,24?,25?/m0/s1. The number of nitrogens with zero attached hydrogens (tertiary/aromatic N) is 2. The van der Waals surface area contributed by atoms with Gasteiger partial charge in [0.1, 0.15) is 0 Å². The third-order valence-corrected chi connectivity index (χ3v) is 10.2. The van der Waals surface area contributed by atoms with E-state index in [0.29, 0.717) is 29.7 Å². The molecule has 3 saturated carbocycles. The highest BCUT2D eigenvalue weighted by atomic mass is 16.2. The van der Waals surface area contributed by atoms with E-state index in [-0.39, 0.29) is 22.7 Å². The molecule has 4 fully saturated rings. The molecule has 4 aliphatic rings. The van der Waals surface area contributed by atoms with E-state index < -0.39 is 0 Å². The van der Waals surface area contributed by atoms with Gasteiger partial charge in [-0.25, -0.2) is 0 Å². The monoisotopic (exact) mass is 402 g/mol. The van der Waals surface area contributed by atoms with Gasteiger partial charge in [0.2, 0.25) is 11.8 Å². The predicted molar refractivity (Wildman–Crippen MR) is 116 cm³/mol. The summed E-state index contributed by atoms with van der Waals surface area (Å²) in [6, 6.07) is 0.409. The van der Waals surface area contributed by atoms with Gasteiger partial charge >= 0.3 is 0 Å². The number of fused-ring (bicyclic) bond motifs is 5. The Morgan fingerprint density at radius 2 is 1.69 bits per heavy atom. The molecule has 0 aromatic rings. The van der Waals surface area contributed by atoms with E-state index in [4.69, 9.17) is 0 Å². The molecular formula is C25H42N2O2. The average molecular weight is 403 g/mol. The Kier molecular flexibility index (Phi) is 5.31. The van der Waals surface area contributed by atoms with Gasteiger partial charge in [0.15, 0.2) is 0 Å². The van der Waals surface area contributed by atoms with Gasteiger partial charge in [0, 0.05) is 38.0 Å². The molecule has 0 radical (unpaired) electrons. The van der Waals surface area contributed by atoms with Crippen LogP contribution in [0.5, 0.6) is 0 Å². The number of piperidine rings is 1. The molecule has 1 saturated heterocycles. The molecule has 0 aromatic heterocycles. The maximum atomic E-state index is 13.3. The predicted octanol–water partition coefficient (Wildman–Crippen LogP) is 4.58. The van der Waals surface area contributed by atoms with Crippen LogP contribution in [-0.2, 0) is 9.59 Å². The number of carbonyl (C=O) groups is 2. The summed E-state index contributed by atoms with van der Waals surface area (Å²) in [4.78, 5) is 30.1. The minimum absolute atomic E-state index is 0.147. The molecule has 0 spiro atoms. The summed E-state index contributed by atoms with van der Waals surface area (Å²) >= 11 is 0. The first-order chi connectivity index (χ1) is 13.7. The van der Waals surface area contributed by atoms with Gasteiger partial charge in [-0.2, -0.15) is 0 Å². The fraction of sp³-hybridized carbons (Fsp3) is 0.920. The Bertz CT molecular complexity index is 674. The van der Waals surface area contributed by atoms with Crippen LogP contribution >= 0.6 is 0 Å². The number of hydrogen-bond donors (Lipinski definition) is 0. The largest absolute Gasteiger partial charge is 0.343 e. The van der Waals surface area contributed by atoms with Crippen molar-refractivity contribution in [2.75, 3.05) is 20.1 Å². The van der Waals surface area contributed by atoms with E-state index in [1.165, 1.54) is 25.7 Å². The van der Waals surface area contributed by atoms with Gasteiger partial charge in [0.25, 0.3) is 0 Å². The second kappa shape index (κ2) is 7.27. The van der Waals surface area contributed by atoms with Crippen molar-refractivity contribution in [1.29, 1.82) is 0 Å². The van der Waals surface area contributed by atoms with Crippen LogP contribution in [0.25, 0.3) is 0 Å². The Balaban J connectivity index is 1.60. The molecule has 29 heavy (non-hydrogen) atoms. The second-order valence-corrected chi connectivity index (χ2v) is 11.2. The van der Waals surface area contributed by atoms with E-state index in [1.807, 2.05) is 7.05 Å². The Morgan fingerprint density at radius 3 is 2.34 bits per heavy atom. The number of rotatable bonds is 3.